The summed E-state index contributed by atoms with van der Waals surface area (Å²) in [5.41, 5.74) is 4.53. The largest absolute Gasteiger partial charge is 0.445 e. The van der Waals surface area contributed by atoms with Gasteiger partial charge in [-0.05, 0) is 90.9 Å². The maximum atomic E-state index is 13.4. The maximum absolute atomic E-state index is 13.4. The molecule has 3 heterocycles. The van der Waals surface area contributed by atoms with E-state index >= 15 is 0 Å². The molecule has 3 aliphatic heterocycles. The van der Waals surface area contributed by atoms with Gasteiger partial charge in [0.05, 0.1) is 6.04 Å². The predicted molar refractivity (Wildman–Crippen MR) is 124 cm³/mol. The van der Waals surface area contributed by atoms with Gasteiger partial charge >= 0.3 is 6.09 Å². The van der Waals surface area contributed by atoms with Crippen LogP contribution in [0.4, 0.5) is 9.18 Å². The second-order valence-electron chi connectivity index (χ2n) is 9.83. The molecule has 0 saturated carbocycles. The highest BCUT2D eigenvalue weighted by atomic mass is 19.1. The number of benzene rings is 2. The number of hydrogen-bond donors (Lipinski definition) is 1. The van der Waals surface area contributed by atoms with Crippen LogP contribution < -0.4 is 5.32 Å². The molecule has 4 nitrogen and oxygen atoms in total. The molecule has 4 aliphatic rings. The van der Waals surface area contributed by atoms with Gasteiger partial charge in [0.15, 0.2) is 0 Å². The Balaban J connectivity index is 1.37. The molecule has 1 N–H and O–H groups in total. The summed E-state index contributed by atoms with van der Waals surface area (Å²) < 4.78 is 19.3. The molecule has 170 valence electrons. The summed E-state index contributed by atoms with van der Waals surface area (Å²) in [5, 5.41) is 3.27. The Morgan fingerprint density at radius 1 is 1.09 bits per heavy atom. The van der Waals surface area contributed by atoms with Gasteiger partial charge in [0.25, 0.3) is 0 Å². The van der Waals surface area contributed by atoms with Crippen LogP contribution in [0.5, 0.6) is 0 Å². The quantitative estimate of drug-likeness (QED) is 0.652. The number of carbonyl (C=O) groups is 1. The number of amides is 1. The topological polar surface area (TPSA) is 41.6 Å². The third-order valence-electron chi connectivity index (χ3n) is 8.31. The predicted octanol–water partition coefficient (Wildman–Crippen LogP) is 5.72. The van der Waals surface area contributed by atoms with E-state index in [0.717, 1.165) is 62.9 Å². The Labute approximate surface area is 190 Å². The molecule has 3 saturated heterocycles. The molecule has 32 heavy (non-hydrogen) atoms. The van der Waals surface area contributed by atoms with Crippen molar-refractivity contribution in [3.8, 4) is 11.1 Å². The molecule has 5 heteroatoms. The van der Waals surface area contributed by atoms with E-state index < -0.39 is 0 Å². The van der Waals surface area contributed by atoms with Crippen molar-refractivity contribution >= 4 is 6.09 Å². The Kier molecular flexibility index (Phi) is 5.70. The van der Waals surface area contributed by atoms with Crippen LogP contribution in [0.15, 0.2) is 42.5 Å². The van der Waals surface area contributed by atoms with Crippen molar-refractivity contribution in [2.24, 2.45) is 11.3 Å². The summed E-state index contributed by atoms with van der Waals surface area (Å²) in [4.78, 5) is 15.4. The second-order valence-corrected chi connectivity index (χ2v) is 9.83. The highest BCUT2D eigenvalue weighted by molar-refractivity contribution is 5.70. The van der Waals surface area contributed by atoms with E-state index in [2.05, 4.69) is 42.3 Å². The molecule has 1 unspecified atom stereocenters. The Morgan fingerprint density at radius 3 is 2.41 bits per heavy atom. The number of carbonyl (C=O) groups excluding carboxylic acids is 1. The fraction of sp³-hybridized carbons (Fsp3) is 0.519. The van der Waals surface area contributed by atoms with Gasteiger partial charge in [-0.2, -0.15) is 0 Å². The Hall–Kier alpha value is -2.40. The van der Waals surface area contributed by atoms with Crippen molar-refractivity contribution in [2.45, 2.75) is 58.1 Å². The SMILES string of the molecule is CCC1(CC)Cc2cc(-c3ccc(F)cc3)ccc2C1NC(=O)O[C@H]1CN2CCC1CC2. The highest BCUT2D eigenvalue weighted by Gasteiger charge is 2.45. The maximum Gasteiger partial charge on any atom is 0.407 e. The number of rotatable bonds is 5. The van der Waals surface area contributed by atoms with E-state index in [1.807, 2.05) is 12.1 Å². The molecule has 2 aromatic rings. The fourth-order valence-electron chi connectivity index (χ4n) is 6.15. The fourth-order valence-corrected chi connectivity index (χ4v) is 6.15. The van der Waals surface area contributed by atoms with Crippen molar-refractivity contribution in [3.63, 3.8) is 0 Å². The lowest BCUT2D eigenvalue weighted by Gasteiger charge is -2.44. The van der Waals surface area contributed by atoms with E-state index in [9.17, 15) is 9.18 Å². The van der Waals surface area contributed by atoms with E-state index in [-0.39, 0.29) is 29.5 Å². The highest BCUT2D eigenvalue weighted by Crippen LogP contribution is 2.51. The molecule has 0 aromatic heterocycles. The zero-order chi connectivity index (χ0) is 22.3. The Morgan fingerprint density at radius 2 is 1.78 bits per heavy atom. The van der Waals surface area contributed by atoms with Gasteiger partial charge in [-0.15, -0.1) is 0 Å². The molecule has 2 aromatic carbocycles. The smallest absolute Gasteiger partial charge is 0.407 e. The average Bonchev–Trinajstić information content (AvgIpc) is 3.13. The van der Waals surface area contributed by atoms with Crippen molar-refractivity contribution in [1.29, 1.82) is 0 Å². The molecule has 1 aliphatic carbocycles. The molecule has 3 fully saturated rings. The van der Waals surface area contributed by atoms with Crippen LogP contribution >= 0.6 is 0 Å². The molecule has 6 rings (SSSR count). The second kappa shape index (κ2) is 8.51. The lowest BCUT2D eigenvalue weighted by Crippen LogP contribution is -2.53. The van der Waals surface area contributed by atoms with Gasteiger partial charge in [-0.25, -0.2) is 9.18 Å². The molecule has 2 bridgehead atoms. The number of nitrogens with zero attached hydrogens (tertiary/aromatic N) is 1. The van der Waals surface area contributed by atoms with Crippen LogP contribution in [0, 0.1) is 17.2 Å². The summed E-state index contributed by atoms with van der Waals surface area (Å²) in [6.07, 6.45) is 4.88. The van der Waals surface area contributed by atoms with Crippen LogP contribution in [0.1, 0.15) is 56.7 Å². The van der Waals surface area contributed by atoms with E-state index in [4.69, 9.17) is 4.74 Å². The molecular formula is C27H33FN2O2. The van der Waals surface area contributed by atoms with Gasteiger partial charge in [-0.1, -0.05) is 44.2 Å². The minimum Gasteiger partial charge on any atom is -0.445 e. The van der Waals surface area contributed by atoms with Crippen LogP contribution in [-0.2, 0) is 11.2 Å². The van der Waals surface area contributed by atoms with Crippen LogP contribution in [0.2, 0.25) is 0 Å². The number of ether oxygens (including phenoxy) is 1. The number of alkyl carbamates (subject to hydrolysis) is 1. The van der Waals surface area contributed by atoms with E-state index in [1.54, 1.807) is 0 Å². The number of halogens is 1. The third-order valence-corrected chi connectivity index (χ3v) is 8.31. The summed E-state index contributed by atoms with van der Waals surface area (Å²) >= 11 is 0. The van der Waals surface area contributed by atoms with Gasteiger partial charge in [0.2, 0.25) is 0 Å². The van der Waals surface area contributed by atoms with Crippen molar-refractivity contribution in [2.75, 3.05) is 19.6 Å². The molecular weight excluding hydrogens is 403 g/mol. The third kappa shape index (κ3) is 3.81. The van der Waals surface area contributed by atoms with Gasteiger partial charge in [0.1, 0.15) is 11.9 Å². The minimum absolute atomic E-state index is 0.0110. The molecule has 2 atom stereocenters. The van der Waals surface area contributed by atoms with Crippen LogP contribution in [0.25, 0.3) is 11.1 Å². The standard InChI is InChI=1S/C27H33FN2O2/c1-3-27(4-2)16-21-15-20(18-5-8-22(28)9-6-18)7-10-23(21)25(27)29-26(31)32-24-17-30-13-11-19(24)12-14-30/h5-10,15,19,24-25H,3-4,11-14,16-17H2,1-2H3,(H,29,31)/t24-,25?/m0/s1. The lowest BCUT2D eigenvalue weighted by molar-refractivity contribution is -0.0353. The summed E-state index contributed by atoms with van der Waals surface area (Å²) in [5.74, 6) is 0.277. The lowest BCUT2D eigenvalue weighted by atomic mass is 9.76. The van der Waals surface area contributed by atoms with Crippen molar-refractivity contribution in [1.82, 2.24) is 10.2 Å². The zero-order valence-corrected chi connectivity index (χ0v) is 19.1. The van der Waals surface area contributed by atoms with Gasteiger partial charge < -0.3 is 10.1 Å². The zero-order valence-electron chi connectivity index (χ0n) is 19.1. The summed E-state index contributed by atoms with van der Waals surface area (Å²) in [7, 11) is 0. The van der Waals surface area contributed by atoms with E-state index in [1.165, 1.54) is 23.3 Å². The first-order valence-corrected chi connectivity index (χ1v) is 12.1. The minimum atomic E-state index is -0.282. The normalized spacial score (nSPS) is 27.7. The molecule has 0 spiro atoms. The number of fused-ring (bicyclic) bond motifs is 4. The number of nitrogens with one attached hydrogen (secondary N) is 1. The first-order chi connectivity index (χ1) is 15.5. The van der Waals surface area contributed by atoms with Crippen LogP contribution in [-0.4, -0.2) is 36.7 Å². The van der Waals surface area contributed by atoms with Gasteiger partial charge in [-0.3, -0.25) is 4.90 Å². The van der Waals surface area contributed by atoms with Crippen molar-refractivity contribution in [3.05, 3.63) is 59.4 Å². The van der Waals surface area contributed by atoms with Crippen LogP contribution in [0.3, 0.4) is 0 Å². The molecule has 1 amide bonds. The number of hydrogen-bond acceptors (Lipinski definition) is 3. The Bertz CT molecular complexity index is 978. The van der Waals surface area contributed by atoms with Gasteiger partial charge in [0, 0.05) is 6.54 Å². The molecule has 0 radical (unpaired) electrons. The average molecular weight is 437 g/mol. The summed E-state index contributed by atoms with van der Waals surface area (Å²) in [6, 6.07) is 13.0. The van der Waals surface area contributed by atoms with E-state index in [0.29, 0.717) is 5.92 Å². The van der Waals surface area contributed by atoms with Crippen molar-refractivity contribution < 1.29 is 13.9 Å². The summed E-state index contributed by atoms with van der Waals surface area (Å²) in [6.45, 7) is 7.56. The first-order valence-electron chi connectivity index (χ1n) is 12.1. The first kappa shape index (κ1) is 21.4. The monoisotopic (exact) mass is 436 g/mol. The number of piperidine rings is 3.